The van der Waals surface area contributed by atoms with Crippen LogP contribution in [-0.4, -0.2) is 27.1 Å². The van der Waals surface area contributed by atoms with Gasteiger partial charge in [-0.1, -0.05) is 22.6 Å². The molecule has 0 aliphatic carbocycles. The van der Waals surface area contributed by atoms with Crippen LogP contribution in [0.1, 0.15) is 21.7 Å². The molecule has 0 saturated carbocycles. The van der Waals surface area contributed by atoms with Crippen molar-refractivity contribution in [3.63, 3.8) is 0 Å². The number of hydrogen-bond donors (Lipinski definition) is 1. The van der Waals surface area contributed by atoms with Crippen molar-refractivity contribution in [2.24, 2.45) is 0 Å². The molecule has 1 aromatic heterocycles. The zero-order valence-electron chi connectivity index (χ0n) is 8.17. The molecule has 0 radical (unpaired) electrons. The minimum Gasteiger partial charge on any atom is -0.351 e. The summed E-state index contributed by atoms with van der Waals surface area (Å²) >= 11 is 2.21. The van der Waals surface area contributed by atoms with Crippen LogP contribution >= 0.6 is 22.6 Å². The largest absolute Gasteiger partial charge is 0.351 e. The summed E-state index contributed by atoms with van der Waals surface area (Å²) in [6, 6.07) is 1.75. The summed E-state index contributed by atoms with van der Waals surface area (Å²) in [5, 5.41) is 10.6. The average molecular weight is 305 g/mol. The van der Waals surface area contributed by atoms with Gasteiger partial charge in [-0.3, -0.25) is 4.79 Å². The summed E-state index contributed by atoms with van der Waals surface area (Å²) in [7, 11) is 0. The summed E-state index contributed by atoms with van der Waals surface area (Å²) in [5.74, 6) is -0.0721. The Bertz CT molecular complexity index is 341. The van der Waals surface area contributed by atoms with Gasteiger partial charge in [0.25, 0.3) is 5.91 Å². The van der Waals surface area contributed by atoms with Crippen LogP contribution in [0, 0.1) is 13.8 Å². The van der Waals surface area contributed by atoms with Crippen LogP contribution in [0.5, 0.6) is 0 Å². The van der Waals surface area contributed by atoms with Crippen molar-refractivity contribution in [3.8, 4) is 0 Å². The first kappa shape index (κ1) is 11.4. The molecule has 1 heterocycles. The molecule has 0 aliphatic heterocycles. The van der Waals surface area contributed by atoms with Crippen LogP contribution in [0.3, 0.4) is 0 Å². The number of halogens is 1. The average Bonchev–Trinajstić information content (AvgIpc) is 2.18. The van der Waals surface area contributed by atoms with E-state index in [1.807, 2.05) is 6.92 Å². The Hall–Kier alpha value is -0.720. The van der Waals surface area contributed by atoms with Crippen molar-refractivity contribution in [1.29, 1.82) is 0 Å². The predicted molar refractivity (Wildman–Crippen MR) is 62.7 cm³/mol. The van der Waals surface area contributed by atoms with E-state index >= 15 is 0 Å². The third kappa shape index (κ3) is 2.90. The lowest BCUT2D eigenvalue weighted by Crippen LogP contribution is -2.26. The predicted octanol–water partition coefficient (Wildman–Crippen LogP) is 1.26. The van der Waals surface area contributed by atoms with E-state index in [0.29, 0.717) is 17.8 Å². The van der Waals surface area contributed by atoms with E-state index in [1.54, 1.807) is 13.0 Å². The van der Waals surface area contributed by atoms with Gasteiger partial charge in [0.1, 0.15) is 0 Å². The van der Waals surface area contributed by atoms with Gasteiger partial charge in [0.2, 0.25) is 0 Å². The standard InChI is InChI=1S/C9H12IN3O/c1-6-5-8(7(2)13-12-6)9(14)11-4-3-10/h5H,3-4H2,1-2H3,(H,11,14). The highest BCUT2D eigenvalue weighted by molar-refractivity contribution is 14.1. The molecular formula is C9H12IN3O. The first-order valence-electron chi connectivity index (χ1n) is 4.30. The minimum atomic E-state index is -0.0721. The van der Waals surface area contributed by atoms with Crippen LogP contribution in [0.25, 0.3) is 0 Å². The SMILES string of the molecule is Cc1cc(C(=O)NCCI)c(C)nn1. The van der Waals surface area contributed by atoms with Gasteiger partial charge in [0.15, 0.2) is 0 Å². The van der Waals surface area contributed by atoms with Gasteiger partial charge in [-0.25, -0.2) is 0 Å². The van der Waals surface area contributed by atoms with Crippen LogP contribution in [-0.2, 0) is 0 Å². The van der Waals surface area contributed by atoms with Crippen molar-refractivity contribution in [2.45, 2.75) is 13.8 Å². The lowest BCUT2D eigenvalue weighted by Gasteiger charge is -2.05. The number of alkyl halides is 1. The van der Waals surface area contributed by atoms with Crippen molar-refractivity contribution >= 4 is 28.5 Å². The highest BCUT2D eigenvalue weighted by Crippen LogP contribution is 2.04. The number of hydrogen-bond acceptors (Lipinski definition) is 3. The Kier molecular flexibility index (Phi) is 4.24. The number of aryl methyl sites for hydroxylation is 2. The fraction of sp³-hybridized carbons (Fsp3) is 0.444. The maximum atomic E-state index is 11.6. The number of rotatable bonds is 3. The number of carbonyl (C=O) groups is 1. The molecule has 1 aromatic rings. The lowest BCUT2D eigenvalue weighted by atomic mass is 10.2. The molecule has 1 N–H and O–H groups in total. The van der Waals surface area contributed by atoms with Gasteiger partial charge in [-0.15, -0.1) is 0 Å². The number of carbonyl (C=O) groups excluding carboxylic acids is 1. The van der Waals surface area contributed by atoms with E-state index in [9.17, 15) is 4.79 Å². The van der Waals surface area contributed by atoms with Gasteiger partial charge >= 0.3 is 0 Å². The van der Waals surface area contributed by atoms with E-state index in [0.717, 1.165) is 10.1 Å². The second kappa shape index (κ2) is 5.23. The maximum absolute atomic E-state index is 11.6. The van der Waals surface area contributed by atoms with Gasteiger partial charge in [-0.05, 0) is 19.9 Å². The van der Waals surface area contributed by atoms with Gasteiger partial charge < -0.3 is 5.32 Å². The van der Waals surface area contributed by atoms with Crippen molar-refractivity contribution in [2.75, 3.05) is 11.0 Å². The first-order valence-corrected chi connectivity index (χ1v) is 5.83. The molecule has 0 unspecified atom stereocenters. The van der Waals surface area contributed by atoms with Gasteiger partial charge in [-0.2, -0.15) is 10.2 Å². The molecule has 76 valence electrons. The number of aromatic nitrogens is 2. The molecule has 14 heavy (non-hydrogen) atoms. The molecule has 1 rings (SSSR count). The molecule has 0 spiro atoms. The molecular weight excluding hydrogens is 293 g/mol. The second-order valence-electron chi connectivity index (χ2n) is 2.93. The molecule has 0 saturated heterocycles. The first-order chi connectivity index (χ1) is 6.65. The molecule has 0 atom stereocenters. The van der Waals surface area contributed by atoms with Gasteiger partial charge in [0, 0.05) is 11.0 Å². The summed E-state index contributed by atoms with van der Waals surface area (Å²) in [4.78, 5) is 11.6. The van der Waals surface area contributed by atoms with Crippen LogP contribution in [0.15, 0.2) is 6.07 Å². The Morgan fingerprint density at radius 1 is 1.50 bits per heavy atom. The summed E-state index contributed by atoms with van der Waals surface area (Å²) in [6.45, 7) is 4.28. The van der Waals surface area contributed by atoms with Crippen molar-refractivity contribution < 1.29 is 4.79 Å². The minimum absolute atomic E-state index is 0.0721. The van der Waals surface area contributed by atoms with E-state index in [1.165, 1.54) is 0 Å². The topological polar surface area (TPSA) is 54.9 Å². The third-order valence-corrected chi connectivity index (χ3v) is 2.26. The van der Waals surface area contributed by atoms with Crippen molar-refractivity contribution in [1.82, 2.24) is 15.5 Å². The summed E-state index contributed by atoms with van der Waals surface area (Å²) in [6.07, 6.45) is 0. The van der Waals surface area contributed by atoms with Crippen molar-refractivity contribution in [3.05, 3.63) is 23.0 Å². The zero-order chi connectivity index (χ0) is 10.6. The fourth-order valence-electron chi connectivity index (χ4n) is 1.04. The molecule has 0 fully saturated rings. The van der Waals surface area contributed by atoms with E-state index in [2.05, 4.69) is 38.1 Å². The summed E-state index contributed by atoms with van der Waals surface area (Å²) in [5.41, 5.74) is 2.04. The molecule has 1 amide bonds. The molecule has 5 heteroatoms. The molecule has 0 aromatic carbocycles. The number of amides is 1. The molecule has 0 aliphatic rings. The fourth-order valence-corrected chi connectivity index (χ4v) is 1.31. The van der Waals surface area contributed by atoms with E-state index in [-0.39, 0.29) is 5.91 Å². The Balaban J connectivity index is 2.83. The van der Waals surface area contributed by atoms with Crippen LogP contribution < -0.4 is 5.32 Å². The maximum Gasteiger partial charge on any atom is 0.253 e. The monoisotopic (exact) mass is 305 g/mol. The Labute approximate surface area is 96.6 Å². The van der Waals surface area contributed by atoms with Gasteiger partial charge in [0.05, 0.1) is 17.0 Å². The molecule has 0 bridgehead atoms. The van der Waals surface area contributed by atoms with Crippen LogP contribution in [0.2, 0.25) is 0 Å². The normalized spacial score (nSPS) is 9.93. The smallest absolute Gasteiger partial charge is 0.253 e. The number of nitrogens with one attached hydrogen (secondary N) is 1. The molecule has 4 nitrogen and oxygen atoms in total. The Morgan fingerprint density at radius 2 is 2.21 bits per heavy atom. The van der Waals surface area contributed by atoms with E-state index in [4.69, 9.17) is 0 Å². The quantitative estimate of drug-likeness (QED) is 0.675. The van der Waals surface area contributed by atoms with E-state index < -0.39 is 0 Å². The highest BCUT2D eigenvalue weighted by atomic mass is 127. The second-order valence-corrected chi connectivity index (χ2v) is 4.01. The van der Waals surface area contributed by atoms with Crippen LogP contribution in [0.4, 0.5) is 0 Å². The third-order valence-electron chi connectivity index (χ3n) is 1.73. The summed E-state index contributed by atoms with van der Waals surface area (Å²) < 4.78 is 0.903. The Morgan fingerprint density at radius 3 is 2.86 bits per heavy atom. The highest BCUT2D eigenvalue weighted by Gasteiger charge is 2.09. The lowest BCUT2D eigenvalue weighted by molar-refractivity contribution is 0.0955. The number of nitrogens with zero attached hydrogens (tertiary/aromatic N) is 2. The zero-order valence-corrected chi connectivity index (χ0v) is 10.3.